The lowest BCUT2D eigenvalue weighted by molar-refractivity contribution is 0.0600. The third kappa shape index (κ3) is 4.87. The van der Waals surface area contributed by atoms with Crippen LogP contribution >= 0.6 is 0 Å². The van der Waals surface area contributed by atoms with Crippen LogP contribution in [-0.4, -0.2) is 30.4 Å². The lowest BCUT2D eigenvalue weighted by Crippen LogP contribution is -2.26. The zero-order valence-electron chi connectivity index (χ0n) is 18.5. The molecule has 4 aromatic rings. The van der Waals surface area contributed by atoms with Gasteiger partial charge in [0.2, 0.25) is 0 Å². The largest absolute Gasteiger partial charge is 0.465 e. The minimum Gasteiger partial charge on any atom is -0.465 e. The van der Waals surface area contributed by atoms with Crippen molar-refractivity contribution < 1.29 is 17.9 Å². The van der Waals surface area contributed by atoms with Crippen molar-refractivity contribution >= 4 is 16.0 Å². The van der Waals surface area contributed by atoms with E-state index >= 15 is 0 Å². The van der Waals surface area contributed by atoms with E-state index in [-0.39, 0.29) is 11.4 Å². The number of benzene rings is 3. The van der Waals surface area contributed by atoms with E-state index in [0.29, 0.717) is 16.8 Å². The van der Waals surface area contributed by atoms with Crippen LogP contribution in [0.2, 0.25) is 0 Å². The Balaban J connectivity index is 1.84. The van der Waals surface area contributed by atoms with Gasteiger partial charge in [-0.3, -0.25) is 0 Å². The summed E-state index contributed by atoms with van der Waals surface area (Å²) in [6.07, 6.45) is 3.57. The minimum atomic E-state index is -3.91. The SMILES string of the molecule is COC(=O)c1cccc(C#CN(Cc2ccccc2)S(=O)(=O)c2ccccc2)c1-n1cccc1. The molecule has 0 amide bonds. The van der Waals surface area contributed by atoms with E-state index in [1.54, 1.807) is 53.4 Å². The molecule has 3 aromatic carbocycles. The van der Waals surface area contributed by atoms with Crippen LogP contribution in [0.5, 0.6) is 0 Å². The molecule has 0 radical (unpaired) electrons. The van der Waals surface area contributed by atoms with Crippen LogP contribution in [0.3, 0.4) is 0 Å². The normalized spacial score (nSPS) is 10.7. The first-order valence-corrected chi connectivity index (χ1v) is 11.9. The Bertz CT molecular complexity index is 1440. The molecule has 0 saturated heterocycles. The Morgan fingerprint density at radius 3 is 2.18 bits per heavy atom. The summed E-state index contributed by atoms with van der Waals surface area (Å²) in [4.78, 5) is 12.6. The fourth-order valence-corrected chi connectivity index (χ4v) is 4.70. The maximum atomic E-state index is 13.4. The van der Waals surface area contributed by atoms with Crippen LogP contribution in [0.25, 0.3) is 5.69 Å². The Hall–Kier alpha value is -4.28. The molecule has 0 aliphatic heterocycles. The summed E-state index contributed by atoms with van der Waals surface area (Å²) in [6, 6.07) is 29.0. The number of hydrogen-bond acceptors (Lipinski definition) is 4. The second-order valence-electron chi connectivity index (χ2n) is 7.33. The van der Waals surface area contributed by atoms with Gasteiger partial charge in [-0.25, -0.2) is 17.5 Å². The lowest BCUT2D eigenvalue weighted by Gasteiger charge is -2.18. The van der Waals surface area contributed by atoms with Gasteiger partial charge in [0.25, 0.3) is 10.0 Å². The van der Waals surface area contributed by atoms with Gasteiger partial charge in [-0.1, -0.05) is 54.6 Å². The number of methoxy groups -OCH3 is 1. The molecule has 170 valence electrons. The van der Waals surface area contributed by atoms with Crippen molar-refractivity contribution in [1.82, 2.24) is 8.87 Å². The highest BCUT2D eigenvalue weighted by Crippen LogP contribution is 2.22. The zero-order chi connectivity index (χ0) is 24.0. The van der Waals surface area contributed by atoms with Gasteiger partial charge in [-0.15, -0.1) is 0 Å². The van der Waals surface area contributed by atoms with E-state index in [9.17, 15) is 13.2 Å². The molecule has 34 heavy (non-hydrogen) atoms. The van der Waals surface area contributed by atoms with Gasteiger partial charge < -0.3 is 9.30 Å². The molecule has 0 fully saturated rings. The monoisotopic (exact) mass is 470 g/mol. The Morgan fingerprint density at radius 2 is 1.53 bits per heavy atom. The number of carbonyl (C=O) groups is 1. The number of carbonyl (C=O) groups excluding carboxylic acids is 1. The van der Waals surface area contributed by atoms with Gasteiger partial charge in [0, 0.05) is 18.4 Å². The van der Waals surface area contributed by atoms with Gasteiger partial charge in [0.15, 0.2) is 0 Å². The molecule has 1 aromatic heterocycles. The smallest absolute Gasteiger partial charge is 0.340 e. The molecule has 0 aliphatic carbocycles. The molecule has 0 atom stereocenters. The summed E-state index contributed by atoms with van der Waals surface area (Å²) in [5.41, 5.74) is 2.13. The van der Waals surface area contributed by atoms with Gasteiger partial charge in [0.1, 0.15) is 0 Å². The maximum absolute atomic E-state index is 13.4. The van der Waals surface area contributed by atoms with Crippen LogP contribution in [0.1, 0.15) is 21.5 Å². The van der Waals surface area contributed by atoms with E-state index in [0.717, 1.165) is 9.87 Å². The van der Waals surface area contributed by atoms with Gasteiger partial charge in [-0.2, -0.15) is 0 Å². The zero-order valence-corrected chi connectivity index (χ0v) is 19.3. The fraction of sp³-hybridized carbons (Fsp3) is 0.0741. The molecule has 0 aliphatic rings. The van der Waals surface area contributed by atoms with Crippen molar-refractivity contribution in [2.75, 3.05) is 7.11 Å². The van der Waals surface area contributed by atoms with Gasteiger partial charge in [-0.05, 0) is 47.9 Å². The van der Waals surface area contributed by atoms with Crippen molar-refractivity contribution in [3.63, 3.8) is 0 Å². The van der Waals surface area contributed by atoms with Crippen LogP contribution in [0.4, 0.5) is 0 Å². The van der Waals surface area contributed by atoms with E-state index in [4.69, 9.17) is 4.74 Å². The number of nitrogens with zero attached hydrogens (tertiary/aromatic N) is 2. The van der Waals surface area contributed by atoms with E-state index in [2.05, 4.69) is 12.0 Å². The van der Waals surface area contributed by atoms with Crippen LogP contribution < -0.4 is 0 Å². The van der Waals surface area contributed by atoms with E-state index in [1.807, 2.05) is 42.5 Å². The van der Waals surface area contributed by atoms with Crippen LogP contribution in [0.15, 0.2) is 108 Å². The molecule has 7 heteroatoms. The Morgan fingerprint density at radius 1 is 0.882 bits per heavy atom. The molecular weight excluding hydrogens is 448 g/mol. The number of sulfonamides is 1. The lowest BCUT2D eigenvalue weighted by atomic mass is 10.1. The van der Waals surface area contributed by atoms with Gasteiger partial charge >= 0.3 is 5.97 Å². The van der Waals surface area contributed by atoms with Crippen molar-refractivity contribution in [2.45, 2.75) is 11.4 Å². The predicted octanol–water partition coefficient (Wildman–Crippen LogP) is 4.46. The summed E-state index contributed by atoms with van der Waals surface area (Å²) >= 11 is 0. The first-order valence-electron chi connectivity index (χ1n) is 10.5. The summed E-state index contributed by atoms with van der Waals surface area (Å²) in [5, 5.41) is 0. The highest BCUT2D eigenvalue weighted by atomic mass is 32.2. The second-order valence-corrected chi connectivity index (χ2v) is 9.19. The first kappa shape index (κ1) is 22.9. The highest BCUT2D eigenvalue weighted by molar-refractivity contribution is 7.89. The summed E-state index contributed by atoms with van der Waals surface area (Å²) < 4.78 is 34.7. The quantitative estimate of drug-likeness (QED) is 0.237. The number of ether oxygens (including phenoxy) is 1. The van der Waals surface area contributed by atoms with Crippen LogP contribution in [0, 0.1) is 12.0 Å². The molecule has 6 nitrogen and oxygen atoms in total. The van der Waals surface area contributed by atoms with Crippen LogP contribution in [-0.2, 0) is 21.3 Å². The maximum Gasteiger partial charge on any atom is 0.340 e. The highest BCUT2D eigenvalue weighted by Gasteiger charge is 2.22. The number of esters is 1. The van der Waals surface area contributed by atoms with E-state index in [1.165, 1.54) is 19.2 Å². The summed E-state index contributed by atoms with van der Waals surface area (Å²) in [6.45, 7) is 0.0701. The van der Waals surface area contributed by atoms with Crippen molar-refractivity contribution in [1.29, 1.82) is 0 Å². The summed E-state index contributed by atoms with van der Waals surface area (Å²) in [7, 11) is -2.59. The molecule has 0 bridgehead atoms. The first-order chi connectivity index (χ1) is 16.5. The molecule has 0 N–H and O–H groups in total. The minimum absolute atomic E-state index is 0.0701. The van der Waals surface area contributed by atoms with Crippen molar-refractivity contribution in [3.8, 4) is 17.7 Å². The number of aromatic nitrogens is 1. The predicted molar refractivity (Wildman–Crippen MR) is 130 cm³/mol. The topological polar surface area (TPSA) is 68.6 Å². The van der Waals surface area contributed by atoms with Gasteiger partial charge in [0.05, 0.1) is 35.4 Å². The fourth-order valence-electron chi connectivity index (χ4n) is 3.46. The Labute approximate surface area is 199 Å². The summed E-state index contributed by atoms with van der Waals surface area (Å²) in [5.74, 6) is 2.48. The number of rotatable bonds is 6. The molecule has 0 spiro atoms. The van der Waals surface area contributed by atoms with Crippen molar-refractivity contribution in [3.05, 3.63) is 120 Å². The molecule has 0 saturated carbocycles. The van der Waals surface area contributed by atoms with Crippen molar-refractivity contribution in [2.24, 2.45) is 0 Å². The molecule has 0 unspecified atom stereocenters. The third-order valence-corrected chi connectivity index (χ3v) is 6.79. The molecule has 4 rings (SSSR count). The second kappa shape index (κ2) is 10.1. The molecule has 1 heterocycles. The average molecular weight is 471 g/mol. The van der Waals surface area contributed by atoms with E-state index < -0.39 is 16.0 Å². The molecular formula is C27H22N2O4S. The third-order valence-electron chi connectivity index (χ3n) is 5.12. The number of para-hydroxylation sites is 1. The average Bonchev–Trinajstić information content (AvgIpc) is 3.41. The number of hydrogen-bond donors (Lipinski definition) is 0. The standard InChI is InChI=1S/C27H22N2O4S/c1-33-27(30)25-16-10-13-23(26(25)28-18-8-9-19-28)17-20-29(21-22-11-4-2-5-12-22)34(31,32)24-14-6-3-7-15-24/h2-16,18-19H,21H2,1H3. The Kier molecular flexibility index (Phi) is 6.81.